The number of nitro groups is 1. The van der Waals surface area contributed by atoms with Crippen LogP contribution in [0.1, 0.15) is 6.92 Å². The number of esters is 1. The summed E-state index contributed by atoms with van der Waals surface area (Å²) in [4.78, 5) is 34.5. The van der Waals surface area contributed by atoms with E-state index in [1.54, 1.807) is 43.3 Å². The van der Waals surface area contributed by atoms with Gasteiger partial charge in [-0.2, -0.15) is 0 Å². The van der Waals surface area contributed by atoms with Crippen LogP contribution in [-0.2, 0) is 14.3 Å². The third-order valence-electron chi connectivity index (χ3n) is 3.10. The fourth-order valence-corrected chi connectivity index (χ4v) is 2.74. The van der Waals surface area contributed by atoms with E-state index >= 15 is 0 Å². The van der Waals surface area contributed by atoms with E-state index in [0.717, 1.165) is 0 Å². The lowest BCUT2D eigenvalue weighted by atomic mass is 10.3. The van der Waals surface area contributed by atoms with Gasteiger partial charge in [0, 0.05) is 22.7 Å². The molecule has 0 aliphatic heterocycles. The van der Waals surface area contributed by atoms with Crippen molar-refractivity contribution in [3.63, 3.8) is 0 Å². The highest BCUT2D eigenvalue weighted by molar-refractivity contribution is 8.00. The Hall–Kier alpha value is -2.87. The number of hydrogen-bond donors (Lipinski definition) is 1. The molecule has 0 spiro atoms. The Bertz CT molecular complexity index is 749. The van der Waals surface area contributed by atoms with Crippen molar-refractivity contribution in [2.45, 2.75) is 17.1 Å². The van der Waals surface area contributed by atoms with Crippen molar-refractivity contribution in [3.8, 4) is 0 Å². The number of nitrogens with one attached hydrogen (secondary N) is 1. The molecule has 0 fully saturated rings. The average molecular weight is 360 g/mol. The predicted molar refractivity (Wildman–Crippen MR) is 94.4 cm³/mol. The van der Waals surface area contributed by atoms with Crippen LogP contribution in [0.5, 0.6) is 0 Å². The van der Waals surface area contributed by atoms with Crippen LogP contribution in [0.4, 0.5) is 11.4 Å². The first-order valence-electron chi connectivity index (χ1n) is 7.38. The van der Waals surface area contributed by atoms with Crippen LogP contribution in [0.2, 0.25) is 0 Å². The monoisotopic (exact) mass is 360 g/mol. The van der Waals surface area contributed by atoms with Crippen LogP contribution in [0.3, 0.4) is 0 Å². The lowest BCUT2D eigenvalue weighted by Crippen LogP contribution is -2.24. The minimum Gasteiger partial charge on any atom is -0.455 e. The summed E-state index contributed by atoms with van der Waals surface area (Å²) in [5.41, 5.74) is 0.606. The van der Waals surface area contributed by atoms with E-state index in [2.05, 4.69) is 5.32 Å². The Balaban J connectivity index is 1.79. The van der Waals surface area contributed by atoms with Crippen molar-refractivity contribution < 1.29 is 19.2 Å². The Morgan fingerprint density at radius 3 is 2.40 bits per heavy atom. The van der Waals surface area contributed by atoms with E-state index in [1.165, 1.54) is 23.9 Å². The van der Waals surface area contributed by atoms with Crippen LogP contribution < -0.4 is 5.32 Å². The first kappa shape index (κ1) is 18.5. The summed E-state index contributed by atoms with van der Waals surface area (Å²) in [7, 11) is 0. The number of anilines is 1. The summed E-state index contributed by atoms with van der Waals surface area (Å²) >= 11 is 1.20. The van der Waals surface area contributed by atoms with Gasteiger partial charge < -0.3 is 10.1 Å². The summed E-state index contributed by atoms with van der Waals surface area (Å²) in [5, 5.41) is 12.7. The lowest BCUT2D eigenvalue weighted by molar-refractivity contribution is -0.384. The van der Waals surface area contributed by atoms with Crippen molar-refractivity contribution >= 4 is 35.0 Å². The van der Waals surface area contributed by atoms with Gasteiger partial charge in [-0.05, 0) is 31.2 Å². The number of hydrogen-bond acceptors (Lipinski definition) is 6. The summed E-state index contributed by atoms with van der Waals surface area (Å²) in [6, 6.07) is 14.7. The van der Waals surface area contributed by atoms with E-state index in [4.69, 9.17) is 4.74 Å². The maximum absolute atomic E-state index is 11.9. The van der Waals surface area contributed by atoms with Crippen LogP contribution in [0.15, 0.2) is 59.5 Å². The quantitative estimate of drug-likeness (QED) is 0.352. The van der Waals surface area contributed by atoms with Crippen LogP contribution in [0.25, 0.3) is 0 Å². The Kier molecular flexibility index (Phi) is 6.53. The van der Waals surface area contributed by atoms with Gasteiger partial charge in [-0.15, -0.1) is 11.8 Å². The molecule has 8 heteroatoms. The number of non-ortho nitro benzene ring substituents is 1. The molecule has 0 aromatic heterocycles. The van der Waals surface area contributed by atoms with E-state index < -0.39 is 22.0 Å². The molecule has 2 aromatic rings. The second kappa shape index (κ2) is 8.84. The number of amides is 1. The molecule has 0 aliphatic carbocycles. The minimum absolute atomic E-state index is 0.0165. The summed E-state index contributed by atoms with van der Waals surface area (Å²) in [5.74, 6) is -0.960. The molecule has 2 aromatic carbocycles. The zero-order valence-electron chi connectivity index (χ0n) is 13.4. The third kappa shape index (κ3) is 5.92. The summed E-state index contributed by atoms with van der Waals surface area (Å²) < 4.78 is 4.99. The lowest BCUT2D eigenvalue weighted by Gasteiger charge is -2.11. The second-order valence-corrected chi connectivity index (χ2v) is 6.45. The van der Waals surface area contributed by atoms with E-state index in [0.29, 0.717) is 10.6 Å². The van der Waals surface area contributed by atoms with Crippen LogP contribution >= 0.6 is 11.8 Å². The molecule has 1 amide bonds. The topological polar surface area (TPSA) is 98.5 Å². The standard InChI is InChI=1S/C17H16N2O5S/c1-12(25-15-9-7-14(8-10-15)19(22)23)17(21)24-11-16(20)18-13-5-3-2-4-6-13/h2-10,12H,11H2,1H3,(H,18,20)/t12-/m0/s1. The van der Waals surface area contributed by atoms with E-state index in [9.17, 15) is 19.7 Å². The van der Waals surface area contributed by atoms with Crippen LogP contribution in [0, 0.1) is 10.1 Å². The molecular weight excluding hydrogens is 344 g/mol. The molecule has 0 radical (unpaired) electrons. The zero-order valence-corrected chi connectivity index (χ0v) is 14.2. The van der Waals surface area contributed by atoms with E-state index in [1.807, 2.05) is 6.07 Å². The Morgan fingerprint density at radius 2 is 1.80 bits per heavy atom. The molecule has 0 saturated carbocycles. The molecule has 2 rings (SSSR count). The number of ether oxygens (including phenoxy) is 1. The number of nitrogens with zero attached hydrogens (tertiary/aromatic N) is 1. The zero-order chi connectivity index (χ0) is 18.2. The second-order valence-electron chi connectivity index (χ2n) is 5.03. The highest BCUT2D eigenvalue weighted by atomic mass is 32.2. The number of thioether (sulfide) groups is 1. The first-order valence-corrected chi connectivity index (χ1v) is 8.26. The number of carbonyl (C=O) groups is 2. The minimum atomic E-state index is -0.550. The summed E-state index contributed by atoms with van der Waals surface area (Å²) in [6.45, 7) is 1.27. The van der Waals surface area contributed by atoms with Gasteiger partial charge in [-0.25, -0.2) is 0 Å². The van der Waals surface area contributed by atoms with Gasteiger partial charge >= 0.3 is 5.97 Å². The van der Waals surface area contributed by atoms with Gasteiger partial charge in [0.15, 0.2) is 6.61 Å². The largest absolute Gasteiger partial charge is 0.455 e. The maximum Gasteiger partial charge on any atom is 0.319 e. The normalized spacial score (nSPS) is 11.4. The Labute approximate surface area is 148 Å². The molecule has 1 N–H and O–H groups in total. The smallest absolute Gasteiger partial charge is 0.319 e. The van der Waals surface area contributed by atoms with Gasteiger partial charge in [0.2, 0.25) is 0 Å². The van der Waals surface area contributed by atoms with Crippen molar-refractivity contribution in [1.82, 2.24) is 0 Å². The van der Waals surface area contributed by atoms with E-state index in [-0.39, 0.29) is 12.3 Å². The summed E-state index contributed by atoms with van der Waals surface area (Å²) in [6.07, 6.45) is 0. The molecule has 0 aliphatic rings. The van der Waals surface area contributed by atoms with Crippen molar-refractivity contribution in [3.05, 3.63) is 64.7 Å². The molecule has 0 saturated heterocycles. The predicted octanol–water partition coefficient (Wildman–Crippen LogP) is 3.26. The maximum atomic E-state index is 11.9. The molecule has 1 atom stereocenters. The van der Waals surface area contributed by atoms with Crippen molar-refractivity contribution in [2.75, 3.05) is 11.9 Å². The van der Waals surface area contributed by atoms with Gasteiger partial charge in [-0.3, -0.25) is 19.7 Å². The number of rotatable bonds is 7. The van der Waals surface area contributed by atoms with Gasteiger partial charge in [0.1, 0.15) is 5.25 Å². The Morgan fingerprint density at radius 1 is 1.16 bits per heavy atom. The highest BCUT2D eigenvalue weighted by Crippen LogP contribution is 2.25. The molecule has 25 heavy (non-hydrogen) atoms. The fraction of sp³-hybridized carbons (Fsp3) is 0.176. The third-order valence-corrected chi connectivity index (χ3v) is 4.19. The molecule has 0 unspecified atom stereocenters. The number of benzene rings is 2. The van der Waals surface area contributed by atoms with Gasteiger partial charge in [0.05, 0.1) is 4.92 Å². The van der Waals surface area contributed by atoms with Crippen molar-refractivity contribution in [2.24, 2.45) is 0 Å². The molecule has 0 heterocycles. The molecule has 7 nitrogen and oxygen atoms in total. The van der Waals surface area contributed by atoms with Crippen LogP contribution in [-0.4, -0.2) is 28.7 Å². The molecule has 0 bridgehead atoms. The molecule has 130 valence electrons. The van der Waals surface area contributed by atoms with Crippen molar-refractivity contribution in [1.29, 1.82) is 0 Å². The average Bonchev–Trinajstić information content (AvgIpc) is 2.61. The van der Waals surface area contributed by atoms with Gasteiger partial charge in [0.25, 0.3) is 11.6 Å². The fourth-order valence-electron chi connectivity index (χ4n) is 1.87. The molecular formula is C17H16N2O5S. The number of nitro benzene ring substituents is 1. The number of carbonyl (C=O) groups excluding carboxylic acids is 2. The first-order chi connectivity index (χ1) is 12.0. The number of para-hydroxylation sites is 1. The van der Waals surface area contributed by atoms with Gasteiger partial charge in [-0.1, -0.05) is 18.2 Å². The SMILES string of the molecule is C[C@H](Sc1ccc([N+](=O)[O-])cc1)C(=O)OCC(=O)Nc1ccccc1. The highest BCUT2D eigenvalue weighted by Gasteiger charge is 2.18.